The maximum atomic E-state index is 13.4. The van der Waals surface area contributed by atoms with Crippen LogP contribution in [0.5, 0.6) is 0 Å². The van der Waals surface area contributed by atoms with Crippen LogP contribution in [0.2, 0.25) is 0 Å². The van der Waals surface area contributed by atoms with E-state index in [1.165, 1.54) is 12.1 Å². The molecular formula is C15H21FN2O2. The number of rotatable bonds is 6. The molecule has 0 radical (unpaired) electrons. The molecule has 1 saturated heterocycles. The van der Waals surface area contributed by atoms with E-state index in [2.05, 4.69) is 10.6 Å². The highest BCUT2D eigenvalue weighted by atomic mass is 19.1. The molecule has 0 saturated carbocycles. The van der Waals surface area contributed by atoms with Gasteiger partial charge < -0.3 is 15.4 Å². The Bertz CT molecular complexity index is 434. The molecule has 0 aliphatic carbocycles. The van der Waals surface area contributed by atoms with Crippen LogP contribution in [-0.2, 0) is 4.74 Å². The first kappa shape index (κ1) is 14.9. The van der Waals surface area contributed by atoms with Crippen LogP contribution in [0.1, 0.15) is 29.6 Å². The van der Waals surface area contributed by atoms with Crippen molar-refractivity contribution in [1.29, 1.82) is 0 Å². The van der Waals surface area contributed by atoms with E-state index in [4.69, 9.17) is 4.74 Å². The van der Waals surface area contributed by atoms with Gasteiger partial charge in [0.1, 0.15) is 5.82 Å². The Morgan fingerprint density at radius 3 is 2.85 bits per heavy atom. The predicted molar refractivity (Wildman–Crippen MR) is 75.2 cm³/mol. The quantitative estimate of drug-likeness (QED) is 0.780. The van der Waals surface area contributed by atoms with Crippen molar-refractivity contribution < 1.29 is 13.9 Å². The minimum atomic E-state index is -0.490. The third-order valence-corrected chi connectivity index (χ3v) is 3.36. The second-order valence-electron chi connectivity index (χ2n) is 4.91. The zero-order valence-corrected chi connectivity index (χ0v) is 11.5. The van der Waals surface area contributed by atoms with Gasteiger partial charge in [0.25, 0.3) is 5.91 Å². The topological polar surface area (TPSA) is 50.4 Å². The van der Waals surface area contributed by atoms with Gasteiger partial charge in [-0.25, -0.2) is 4.39 Å². The molecule has 5 heteroatoms. The van der Waals surface area contributed by atoms with Gasteiger partial charge in [-0.3, -0.25) is 4.79 Å². The minimum absolute atomic E-state index is 0.0896. The van der Waals surface area contributed by atoms with E-state index in [1.54, 1.807) is 12.1 Å². The second kappa shape index (κ2) is 7.97. The number of carbonyl (C=O) groups excluding carboxylic acids is 1. The summed E-state index contributed by atoms with van der Waals surface area (Å²) < 4.78 is 19.1. The average molecular weight is 280 g/mol. The largest absolute Gasteiger partial charge is 0.378 e. The van der Waals surface area contributed by atoms with Crippen molar-refractivity contribution in [3.05, 3.63) is 35.6 Å². The molecule has 0 spiro atoms. The number of amides is 1. The molecule has 1 aliphatic heterocycles. The molecule has 1 fully saturated rings. The average Bonchev–Trinajstić information content (AvgIpc) is 2.48. The predicted octanol–water partition coefficient (Wildman–Crippen LogP) is 1.71. The van der Waals surface area contributed by atoms with Crippen LogP contribution in [0.15, 0.2) is 24.3 Å². The third kappa shape index (κ3) is 4.58. The summed E-state index contributed by atoms with van der Waals surface area (Å²) in [6.07, 6.45) is 3.16. The van der Waals surface area contributed by atoms with E-state index in [-0.39, 0.29) is 11.5 Å². The van der Waals surface area contributed by atoms with Gasteiger partial charge in [0.05, 0.1) is 11.7 Å². The molecule has 1 heterocycles. The summed E-state index contributed by atoms with van der Waals surface area (Å²) in [6.45, 7) is 3.14. The van der Waals surface area contributed by atoms with Gasteiger partial charge >= 0.3 is 0 Å². The Hall–Kier alpha value is -1.46. The highest BCUT2D eigenvalue weighted by Crippen LogP contribution is 2.08. The molecule has 1 aliphatic rings. The summed E-state index contributed by atoms with van der Waals surface area (Å²) in [7, 11) is 0. The minimum Gasteiger partial charge on any atom is -0.378 e. The first-order valence-electron chi connectivity index (χ1n) is 7.12. The standard InChI is InChI=1S/C15H21FN2O2/c16-14-5-2-1-4-13(14)15(19)18-8-3-11-20-12-6-9-17-10-7-12/h1-2,4-5,12,17H,3,6-11H2,(H,18,19). The van der Waals surface area contributed by atoms with Gasteiger partial charge in [-0.1, -0.05) is 12.1 Å². The molecule has 2 N–H and O–H groups in total. The molecule has 1 amide bonds. The van der Waals surface area contributed by atoms with Crippen LogP contribution in [0.4, 0.5) is 4.39 Å². The smallest absolute Gasteiger partial charge is 0.254 e. The van der Waals surface area contributed by atoms with Crippen LogP contribution in [-0.4, -0.2) is 38.3 Å². The van der Waals surface area contributed by atoms with Crippen LogP contribution in [0.25, 0.3) is 0 Å². The highest BCUT2D eigenvalue weighted by Gasteiger charge is 2.13. The lowest BCUT2D eigenvalue weighted by molar-refractivity contribution is 0.0317. The molecule has 0 atom stereocenters. The fraction of sp³-hybridized carbons (Fsp3) is 0.533. The van der Waals surface area contributed by atoms with Crippen molar-refractivity contribution in [3.63, 3.8) is 0 Å². The maximum absolute atomic E-state index is 13.4. The van der Waals surface area contributed by atoms with Crippen molar-refractivity contribution in [2.45, 2.75) is 25.4 Å². The van der Waals surface area contributed by atoms with Crippen molar-refractivity contribution >= 4 is 5.91 Å². The molecule has 1 aromatic carbocycles. The number of nitrogens with one attached hydrogen (secondary N) is 2. The maximum Gasteiger partial charge on any atom is 0.254 e. The molecule has 1 aromatic rings. The molecule has 2 rings (SSSR count). The lowest BCUT2D eigenvalue weighted by Crippen LogP contribution is -2.33. The Kier molecular flexibility index (Phi) is 5.95. The van der Waals surface area contributed by atoms with Gasteiger partial charge in [0.15, 0.2) is 0 Å². The normalized spacial score (nSPS) is 16.1. The first-order valence-corrected chi connectivity index (χ1v) is 7.12. The summed E-state index contributed by atoms with van der Waals surface area (Å²) in [4.78, 5) is 11.7. The fourth-order valence-corrected chi connectivity index (χ4v) is 2.23. The van der Waals surface area contributed by atoms with Crippen LogP contribution in [0, 0.1) is 5.82 Å². The van der Waals surface area contributed by atoms with Crippen LogP contribution < -0.4 is 10.6 Å². The van der Waals surface area contributed by atoms with Crippen molar-refractivity contribution in [2.75, 3.05) is 26.2 Å². The van der Waals surface area contributed by atoms with E-state index in [0.29, 0.717) is 19.3 Å². The lowest BCUT2D eigenvalue weighted by atomic mass is 10.1. The van der Waals surface area contributed by atoms with Crippen molar-refractivity contribution in [1.82, 2.24) is 10.6 Å². The van der Waals surface area contributed by atoms with E-state index in [9.17, 15) is 9.18 Å². The molecule has 4 nitrogen and oxygen atoms in total. The van der Waals surface area contributed by atoms with Gasteiger partial charge in [0.2, 0.25) is 0 Å². The summed E-state index contributed by atoms with van der Waals surface area (Å²) in [5.74, 6) is -0.860. The lowest BCUT2D eigenvalue weighted by Gasteiger charge is -2.22. The summed E-state index contributed by atoms with van der Waals surface area (Å²) >= 11 is 0. The second-order valence-corrected chi connectivity index (χ2v) is 4.91. The molecular weight excluding hydrogens is 259 g/mol. The zero-order chi connectivity index (χ0) is 14.2. The van der Waals surface area contributed by atoms with E-state index in [0.717, 1.165) is 32.4 Å². The van der Waals surface area contributed by atoms with Crippen molar-refractivity contribution in [3.8, 4) is 0 Å². The van der Waals surface area contributed by atoms with E-state index >= 15 is 0 Å². The van der Waals surface area contributed by atoms with Gasteiger partial charge in [-0.15, -0.1) is 0 Å². The number of ether oxygens (including phenoxy) is 1. The molecule has 20 heavy (non-hydrogen) atoms. The Balaban J connectivity index is 1.61. The number of carbonyl (C=O) groups is 1. The van der Waals surface area contributed by atoms with E-state index < -0.39 is 5.82 Å². The molecule has 0 bridgehead atoms. The zero-order valence-electron chi connectivity index (χ0n) is 11.5. The molecule has 0 aromatic heterocycles. The number of hydrogen-bond donors (Lipinski definition) is 2. The number of piperidine rings is 1. The Labute approximate surface area is 118 Å². The third-order valence-electron chi connectivity index (χ3n) is 3.36. The summed E-state index contributed by atoms with van der Waals surface area (Å²) in [5.41, 5.74) is 0.0896. The van der Waals surface area contributed by atoms with Gasteiger partial charge in [-0.05, 0) is 44.5 Å². The highest BCUT2D eigenvalue weighted by molar-refractivity contribution is 5.94. The monoisotopic (exact) mass is 280 g/mol. The van der Waals surface area contributed by atoms with E-state index in [1.807, 2.05) is 0 Å². The number of benzene rings is 1. The number of hydrogen-bond acceptors (Lipinski definition) is 3. The number of halogens is 1. The first-order chi connectivity index (χ1) is 9.77. The Morgan fingerprint density at radius 2 is 2.10 bits per heavy atom. The Morgan fingerprint density at radius 1 is 1.35 bits per heavy atom. The van der Waals surface area contributed by atoms with Crippen molar-refractivity contribution in [2.24, 2.45) is 0 Å². The fourth-order valence-electron chi connectivity index (χ4n) is 2.23. The SMILES string of the molecule is O=C(NCCCOC1CCNCC1)c1ccccc1F. The molecule has 110 valence electrons. The van der Waals surface area contributed by atoms with Crippen LogP contribution >= 0.6 is 0 Å². The van der Waals surface area contributed by atoms with Crippen LogP contribution in [0.3, 0.4) is 0 Å². The summed E-state index contributed by atoms with van der Waals surface area (Å²) in [5, 5.41) is 5.99. The van der Waals surface area contributed by atoms with Gasteiger partial charge in [-0.2, -0.15) is 0 Å². The van der Waals surface area contributed by atoms with Gasteiger partial charge in [0, 0.05) is 13.2 Å². The summed E-state index contributed by atoms with van der Waals surface area (Å²) in [6, 6.07) is 5.99. The molecule has 0 unspecified atom stereocenters.